The minimum absolute atomic E-state index is 0.386. The lowest BCUT2D eigenvalue weighted by atomic mass is 9.95. The quantitative estimate of drug-likeness (QED) is 0.845. The summed E-state index contributed by atoms with van der Waals surface area (Å²) in [7, 11) is 0. The molecule has 1 N–H and O–H groups in total. The predicted octanol–water partition coefficient (Wildman–Crippen LogP) is 2.81. The van der Waals surface area contributed by atoms with Crippen molar-refractivity contribution in [1.82, 2.24) is 4.90 Å². The average molecular weight is 219 g/mol. The van der Waals surface area contributed by atoms with Crippen molar-refractivity contribution >= 4 is 0 Å². The van der Waals surface area contributed by atoms with Crippen LogP contribution in [0.2, 0.25) is 0 Å². The molecule has 1 saturated heterocycles. The van der Waals surface area contributed by atoms with Gasteiger partial charge in [0.25, 0.3) is 0 Å². The highest BCUT2D eigenvalue weighted by molar-refractivity contribution is 5.27. The molecule has 1 aromatic carbocycles. The first-order chi connectivity index (χ1) is 7.79. The van der Waals surface area contributed by atoms with Crippen LogP contribution in [-0.2, 0) is 6.42 Å². The summed E-state index contributed by atoms with van der Waals surface area (Å²) in [4.78, 5) is 2.56. The second-order valence-electron chi connectivity index (χ2n) is 4.65. The van der Waals surface area contributed by atoms with Crippen LogP contribution < -0.4 is 0 Å². The molecule has 88 valence electrons. The third-order valence-electron chi connectivity index (χ3n) is 3.54. The molecule has 1 atom stereocenters. The fourth-order valence-electron chi connectivity index (χ4n) is 2.66. The van der Waals surface area contributed by atoms with Crippen molar-refractivity contribution < 1.29 is 5.11 Å². The Morgan fingerprint density at radius 3 is 3.00 bits per heavy atom. The maximum Gasteiger partial charge on any atom is 0.115 e. The van der Waals surface area contributed by atoms with E-state index < -0.39 is 0 Å². The number of rotatable bonds is 3. The fourth-order valence-corrected chi connectivity index (χ4v) is 2.66. The Kier molecular flexibility index (Phi) is 3.83. The zero-order valence-corrected chi connectivity index (χ0v) is 10.0. The number of aromatic hydroxyl groups is 1. The molecule has 16 heavy (non-hydrogen) atoms. The molecule has 2 heteroatoms. The number of hydrogen-bond donors (Lipinski definition) is 1. The second-order valence-corrected chi connectivity index (χ2v) is 4.65. The van der Waals surface area contributed by atoms with Crippen molar-refractivity contribution in [3.8, 4) is 5.75 Å². The first kappa shape index (κ1) is 11.5. The first-order valence-corrected chi connectivity index (χ1v) is 6.31. The van der Waals surface area contributed by atoms with E-state index in [0.29, 0.717) is 11.8 Å². The van der Waals surface area contributed by atoms with Crippen molar-refractivity contribution in [3.05, 3.63) is 29.8 Å². The van der Waals surface area contributed by atoms with Crippen LogP contribution in [-0.4, -0.2) is 29.1 Å². The summed E-state index contributed by atoms with van der Waals surface area (Å²) < 4.78 is 0. The monoisotopic (exact) mass is 219 g/mol. The van der Waals surface area contributed by atoms with E-state index in [1.165, 1.54) is 31.4 Å². The summed E-state index contributed by atoms with van der Waals surface area (Å²) in [5.41, 5.74) is 1.25. The van der Waals surface area contributed by atoms with Crippen LogP contribution >= 0.6 is 0 Å². The van der Waals surface area contributed by atoms with Gasteiger partial charge in [-0.2, -0.15) is 0 Å². The molecular weight excluding hydrogens is 198 g/mol. The number of piperidine rings is 1. The number of likely N-dealkylation sites (N-methyl/N-ethyl adjacent to an activating group) is 1. The standard InChI is InChI=1S/C14H21NO/c1-2-15-9-4-3-7-13(15)10-12-6-5-8-14(16)11-12/h5-6,8,11,13,16H,2-4,7,9-10H2,1H3/t13-/m1/s1. The maximum atomic E-state index is 9.45. The molecule has 0 spiro atoms. The summed E-state index contributed by atoms with van der Waals surface area (Å²) in [6, 6.07) is 8.34. The highest BCUT2D eigenvalue weighted by atomic mass is 16.3. The number of nitrogens with zero attached hydrogens (tertiary/aromatic N) is 1. The van der Waals surface area contributed by atoms with Gasteiger partial charge >= 0.3 is 0 Å². The molecule has 0 saturated carbocycles. The molecule has 2 nitrogen and oxygen atoms in total. The van der Waals surface area contributed by atoms with Crippen molar-refractivity contribution in [2.75, 3.05) is 13.1 Å². The van der Waals surface area contributed by atoms with Gasteiger partial charge in [0.1, 0.15) is 5.75 Å². The molecule has 1 aliphatic rings. The summed E-state index contributed by atoms with van der Waals surface area (Å²) >= 11 is 0. The van der Waals surface area contributed by atoms with Gasteiger partial charge in [0.2, 0.25) is 0 Å². The van der Waals surface area contributed by atoms with Gasteiger partial charge in [0.15, 0.2) is 0 Å². The van der Waals surface area contributed by atoms with Gasteiger partial charge < -0.3 is 10.0 Å². The van der Waals surface area contributed by atoms with Crippen LogP contribution in [0, 0.1) is 0 Å². The minimum atomic E-state index is 0.386. The van der Waals surface area contributed by atoms with Crippen LogP contribution in [0.15, 0.2) is 24.3 Å². The fraction of sp³-hybridized carbons (Fsp3) is 0.571. The van der Waals surface area contributed by atoms with Gasteiger partial charge in [0.05, 0.1) is 0 Å². The first-order valence-electron chi connectivity index (χ1n) is 6.31. The number of phenols is 1. The topological polar surface area (TPSA) is 23.5 Å². The van der Waals surface area contributed by atoms with Crippen LogP contribution in [0.4, 0.5) is 0 Å². The van der Waals surface area contributed by atoms with E-state index in [-0.39, 0.29) is 0 Å². The molecule has 0 aliphatic carbocycles. The minimum Gasteiger partial charge on any atom is -0.508 e. The van der Waals surface area contributed by atoms with E-state index >= 15 is 0 Å². The zero-order chi connectivity index (χ0) is 11.4. The SMILES string of the molecule is CCN1CCCC[C@@H]1Cc1cccc(O)c1. The van der Waals surface area contributed by atoms with E-state index in [1.807, 2.05) is 12.1 Å². The summed E-state index contributed by atoms with van der Waals surface area (Å²) in [5, 5.41) is 9.45. The Morgan fingerprint density at radius 1 is 1.38 bits per heavy atom. The third-order valence-corrected chi connectivity index (χ3v) is 3.54. The third kappa shape index (κ3) is 2.76. The summed E-state index contributed by atoms with van der Waals surface area (Å²) in [6.07, 6.45) is 5.05. The normalized spacial score (nSPS) is 22.2. The van der Waals surface area contributed by atoms with Gasteiger partial charge in [-0.25, -0.2) is 0 Å². The Balaban J connectivity index is 2.02. The lowest BCUT2D eigenvalue weighted by Gasteiger charge is -2.35. The van der Waals surface area contributed by atoms with Crippen molar-refractivity contribution in [1.29, 1.82) is 0 Å². The van der Waals surface area contributed by atoms with E-state index in [1.54, 1.807) is 6.07 Å². The molecule has 0 aromatic heterocycles. The molecule has 0 radical (unpaired) electrons. The molecule has 0 bridgehead atoms. The average Bonchev–Trinajstić information content (AvgIpc) is 2.30. The molecule has 1 aliphatic heterocycles. The van der Waals surface area contributed by atoms with Gasteiger partial charge in [-0.15, -0.1) is 0 Å². The van der Waals surface area contributed by atoms with Crippen LogP contribution in [0.5, 0.6) is 5.75 Å². The molecule has 2 rings (SSSR count). The molecule has 1 heterocycles. The summed E-state index contributed by atoms with van der Waals surface area (Å²) in [5.74, 6) is 0.386. The number of benzene rings is 1. The van der Waals surface area contributed by atoms with Crippen molar-refractivity contribution in [2.45, 2.75) is 38.6 Å². The number of phenolic OH excluding ortho intramolecular Hbond substituents is 1. The zero-order valence-electron chi connectivity index (χ0n) is 10.0. The molecule has 0 amide bonds. The second kappa shape index (κ2) is 5.35. The molecule has 1 fully saturated rings. The van der Waals surface area contributed by atoms with E-state index in [0.717, 1.165) is 13.0 Å². The highest BCUT2D eigenvalue weighted by Crippen LogP contribution is 2.21. The molecular formula is C14H21NO. The predicted molar refractivity (Wildman–Crippen MR) is 66.7 cm³/mol. The van der Waals surface area contributed by atoms with Crippen LogP contribution in [0.25, 0.3) is 0 Å². The van der Waals surface area contributed by atoms with E-state index in [4.69, 9.17) is 0 Å². The number of hydrogen-bond acceptors (Lipinski definition) is 2. The van der Waals surface area contributed by atoms with Gasteiger partial charge in [-0.05, 0) is 50.0 Å². The Bertz CT molecular complexity index is 337. The van der Waals surface area contributed by atoms with Gasteiger partial charge in [-0.1, -0.05) is 25.5 Å². The largest absolute Gasteiger partial charge is 0.508 e. The maximum absolute atomic E-state index is 9.45. The van der Waals surface area contributed by atoms with E-state index in [9.17, 15) is 5.11 Å². The molecule has 1 aromatic rings. The lowest BCUT2D eigenvalue weighted by Crippen LogP contribution is -2.40. The Labute approximate surface area is 97.9 Å². The van der Waals surface area contributed by atoms with Gasteiger partial charge in [0, 0.05) is 6.04 Å². The van der Waals surface area contributed by atoms with Crippen LogP contribution in [0.1, 0.15) is 31.7 Å². The number of likely N-dealkylation sites (tertiary alicyclic amines) is 1. The summed E-state index contributed by atoms with van der Waals surface area (Å²) in [6.45, 7) is 4.62. The Hall–Kier alpha value is -1.02. The van der Waals surface area contributed by atoms with Crippen molar-refractivity contribution in [2.24, 2.45) is 0 Å². The highest BCUT2D eigenvalue weighted by Gasteiger charge is 2.20. The smallest absolute Gasteiger partial charge is 0.115 e. The molecule has 0 unspecified atom stereocenters. The van der Waals surface area contributed by atoms with E-state index in [2.05, 4.69) is 17.9 Å². The van der Waals surface area contributed by atoms with Crippen molar-refractivity contribution in [3.63, 3.8) is 0 Å². The Morgan fingerprint density at radius 2 is 2.25 bits per heavy atom. The lowest BCUT2D eigenvalue weighted by molar-refractivity contribution is 0.155. The van der Waals surface area contributed by atoms with Crippen LogP contribution in [0.3, 0.4) is 0 Å². The van der Waals surface area contributed by atoms with Gasteiger partial charge in [-0.3, -0.25) is 0 Å².